The molecule has 0 bridgehead atoms. The van der Waals surface area contributed by atoms with E-state index in [1.165, 1.54) is 6.07 Å². The molecule has 26 heavy (non-hydrogen) atoms. The summed E-state index contributed by atoms with van der Waals surface area (Å²) in [7, 11) is 0. The molecule has 136 valence electrons. The first kappa shape index (κ1) is 17.3. The molecule has 0 aliphatic carbocycles. The summed E-state index contributed by atoms with van der Waals surface area (Å²) in [5.74, 6) is -0.336. The highest BCUT2D eigenvalue weighted by atomic mass is 32.1. The van der Waals surface area contributed by atoms with Crippen LogP contribution in [0.1, 0.15) is 33.8 Å². The number of fused-ring (bicyclic) bond motifs is 2. The number of likely N-dealkylation sites (tertiary alicyclic amines) is 1. The molecule has 0 unspecified atom stereocenters. The average molecular weight is 372 g/mol. The summed E-state index contributed by atoms with van der Waals surface area (Å²) in [6.45, 7) is 8.89. The summed E-state index contributed by atoms with van der Waals surface area (Å²) in [5.41, 5.74) is 2.24. The molecule has 5 nitrogen and oxygen atoms in total. The molecule has 2 aromatic rings. The number of rotatable bonds is 3. The second kappa shape index (κ2) is 6.55. The zero-order valence-corrected chi connectivity index (χ0v) is 15.6. The van der Waals surface area contributed by atoms with Gasteiger partial charge in [-0.3, -0.25) is 9.69 Å². The second-order valence-corrected chi connectivity index (χ2v) is 7.86. The Kier molecular flexibility index (Phi) is 4.36. The minimum Gasteiger partial charge on any atom is -0.306 e. The minimum absolute atomic E-state index is 0.0873. The number of aryl methyl sites for hydroxylation is 1. The number of benzene rings is 1. The molecule has 1 fully saturated rings. The van der Waals surface area contributed by atoms with E-state index in [9.17, 15) is 9.18 Å². The summed E-state index contributed by atoms with van der Waals surface area (Å²) in [5, 5.41) is 3.96. The van der Waals surface area contributed by atoms with Gasteiger partial charge in [0.15, 0.2) is 0 Å². The monoisotopic (exact) mass is 372 g/mol. The van der Waals surface area contributed by atoms with Gasteiger partial charge in [0, 0.05) is 24.2 Å². The lowest BCUT2D eigenvalue weighted by Crippen LogP contribution is -2.46. The number of hydrogen-bond donors (Lipinski definition) is 0. The summed E-state index contributed by atoms with van der Waals surface area (Å²) >= 11 is 1.12. The molecule has 7 heteroatoms. The third-order valence-electron chi connectivity index (χ3n) is 5.57. The molecule has 2 aliphatic rings. The number of halogens is 1. The fourth-order valence-corrected chi connectivity index (χ4v) is 4.75. The van der Waals surface area contributed by atoms with E-state index < -0.39 is 0 Å². The van der Waals surface area contributed by atoms with Gasteiger partial charge in [0.1, 0.15) is 10.7 Å². The third-order valence-corrected chi connectivity index (χ3v) is 6.39. The van der Waals surface area contributed by atoms with Gasteiger partial charge in [-0.1, -0.05) is 10.6 Å². The maximum Gasteiger partial charge on any atom is 0.271 e. The van der Waals surface area contributed by atoms with E-state index in [4.69, 9.17) is 0 Å². The summed E-state index contributed by atoms with van der Waals surface area (Å²) < 4.78 is 17.9. The molecule has 4 rings (SSSR count). The van der Waals surface area contributed by atoms with Gasteiger partial charge >= 0.3 is 0 Å². The molecule has 2 aliphatic heterocycles. The zero-order chi connectivity index (χ0) is 18.3. The summed E-state index contributed by atoms with van der Waals surface area (Å²) in [6, 6.07) is 4.78. The van der Waals surface area contributed by atoms with Gasteiger partial charge in [0.05, 0.1) is 5.69 Å². The van der Waals surface area contributed by atoms with Crippen molar-refractivity contribution >= 4 is 23.1 Å². The fourth-order valence-electron chi connectivity index (χ4n) is 4.15. The molecule has 0 N–H and O–H groups in total. The first-order valence-electron chi connectivity index (χ1n) is 8.78. The number of aromatic nitrogens is 2. The Bertz CT molecular complexity index is 857. The number of nitrogens with zero attached hydrogens (tertiary/aromatic N) is 4. The molecule has 3 heterocycles. The van der Waals surface area contributed by atoms with Crippen LogP contribution in [0.15, 0.2) is 30.9 Å². The molecule has 0 saturated carbocycles. The Hall–Kier alpha value is -2.12. The van der Waals surface area contributed by atoms with E-state index in [0.29, 0.717) is 17.1 Å². The quantitative estimate of drug-likeness (QED) is 0.777. The van der Waals surface area contributed by atoms with Crippen LogP contribution in [-0.4, -0.2) is 46.6 Å². The number of anilines is 1. The lowest BCUT2D eigenvalue weighted by molar-refractivity contribution is 0.0981. The van der Waals surface area contributed by atoms with Crippen molar-refractivity contribution in [2.75, 3.05) is 31.1 Å². The first-order valence-corrected chi connectivity index (χ1v) is 9.55. The van der Waals surface area contributed by atoms with Crippen molar-refractivity contribution in [1.82, 2.24) is 14.5 Å². The van der Waals surface area contributed by atoms with Crippen LogP contribution in [0.5, 0.6) is 0 Å². The minimum atomic E-state index is -0.249. The Labute approximate surface area is 156 Å². The largest absolute Gasteiger partial charge is 0.306 e. The SMILES string of the molecule is C=CCN1CCC2(CC1)CN(C(=O)c1snnc1C)c1ccc(F)cc12. The van der Waals surface area contributed by atoms with Crippen LogP contribution in [-0.2, 0) is 5.41 Å². The number of amides is 1. The summed E-state index contributed by atoms with van der Waals surface area (Å²) in [6.07, 6.45) is 3.72. The van der Waals surface area contributed by atoms with Crippen molar-refractivity contribution in [2.45, 2.75) is 25.2 Å². The Morgan fingerprint density at radius 1 is 1.42 bits per heavy atom. The van der Waals surface area contributed by atoms with Gasteiger partial charge in [0.25, 0.3) is 5.91 Å². The Balaban J connectivity index is 1.69. The van der Waals surface area contributed by atoms with Crippen molar-refractivity contribution in [3.63, 3.8) is 0 Å². The van der Waals surface area contributed by atoms with Gasteiger partial charge in [-0.2, -0.15) is 0 Å². The predicted molar refractivity (Wildman–Crippen MR) is 100 cm³/mol. The predicted octanol–water partition coefficient (Wildman–Crippen LogP) is 3.17. The van der Waals surface area contributed by atoms with Crippen LogP contribution in [0.25, 0.3) is 0 Å². The van der Waals surface area contributed by atoms with E-state index >= 15 is 0 Å². The van der Waals surface area contributed by atoms with E-state index in [-0.39, 0.29) is 17.1 Å². The van der Waals surface area contributed by atoms with Crippen LogP contribution < -0.4 is 4.90 Å². The summed E-state index contributed by atoms with van der Waals surface area (Å²) in [4.78, 5) is 17.8. The first-order chi connectivity index (χ1) is 12.5. The maximum absolute atomic E-state index is 14.0. The lowest BCUT2D eigenvalue weighted by atomic mass is 9.74. The molecular formula is C19H21FN4OS. The van der Waals surface area contributed by atoms with Crippen molar-refractivity contribution in [1.29, 1.82) is 0 Å². The van der Waals surface area contributed by atoms with Crippen LogP contribution in [0.4, 0.5) is 10.1 Å². The lowest BCUT2D eigenvalue weighted by Gasteiger charge is -2.39. The molecule has 1 aromatic carbocycles. The fraction of sp³-hybridized carbons (Fsp3) is 0.421. The van der Waals surface area contributed by atoms with Crippen molar-refractivity contribution in [3.05, 3.63) is 52.8 Å². The van der Waals surface area contributed by atoms with E-state index in [0.717, 1.165) is 55.3 Å². The molecule has 1 amide bonds. The molecule has 1 aromatic heterocycles. The van der Waals surface area contributed by atoms with Crippen LogP contribution in [0.2, 0.25) is 0 Å². The zero-order valence-electron chi connectivity index (χ0n) is 14.7. The number of carbonyl (C=O) groups is 1. The highest BCUT2D eigenvalue weighted by Gasteiger charge is 2.47. The normalized spacial score (nSPS) is 18.9. The number of carbonyl (C=O) groups excluding carboxylic acids is 1. The third kappa shape index (κ3) is 2.75. The average Bonchev–Trinajstić information content (AvgIpc) is 3.19. The molecule has 1 saturated heterocycles. The van der Waals surface area contributed by atoms with Gasteiger partial charge in [-0.15, -0.1) is 11.7 Å². The van der Waals surface area contributed by atoms with Crippen molar-refractivity contribution in [3.8, 4) is 0 Å². The highest BCUT2D eigenvalue weighted by Crippen LogP contribution is 2.47. The van der Waals surface area contributed by atoms with Gasteiger partial charge in [0.2, 0.25) is 0 Å². The van der Waals surface area contributed by atoms with Gasteiger partial charge in [-0.05, 0) is 68.1 Å². The van der Waals surface area contributed by atoms with Gasteiger partial charge < -0.3 is 4.90 Å². The second-order valence-electron chi connectivity index (χ2n) is 7.11. The molecule has 0 radical (unpaired) electrons. The molecular weight excluding hydrogens is 351 g/mol. The van der Waals surface area contributed by atoms with Crippen LogP contribution in [0, 0.1) is 12.7 Å². The number of hydrogen-bond acceptors (Lipinski definition) is 5. The van der Waals surface area contributed by atoms with Crippen molar-refractivity contribution in [2.24, 2.45) is 0 Å². The maximum atomic E-state index is 14.0. The molecule has 0 atom stereocenters. The Morgan fingerprint density at radius 3 is 2.85 bits per heavy atom. The highest BCUT2D eigenvalue weighted by molar-refractivity contribution is 7.08. The van der Waals surface area contributed by atoms with E-state index in [1.54, 1.807) is 24.0 Å². The number of piperidine rings is 1. The van der Waals surface area contributed by atoms with Crippen molar-refractivity contribution < 1.29 is 9.18 Å². The van der Waals surface area contributed by atoms with E-state index in [2.05, 4.69) is 21.1 Å². The van der Waals surface area contributed by atoms with E-state index in [1.807, 2.05) is 6.08 Å². The topological polar surface area (TPSA) is 49.3 Å². The van der Waals surface area contributed by atoms with Gasteiger partial charge in [-0.25, -0.2) is 4.39 Å². The molecule has 1 spiro atoms. The standard InChI is InChI=1S/C19H21FN4OS/c1-3-8-23-9-6-19(7-10-23)12-24(16-5-4-14(20)11-15(16)19)18(25)17-13(2)21-22-26-17/h3-5,11H,1,6-10,12H2,2H3. The van der Waals surface area contributed by atoms with Crippen LogP contribution in [0.3, 0.4) is 0 Å². The van der Waals surface area contributed by atoms with Crippen LogP contribution >= 0.6 is 11.5 Å². The smallest absolute Gasteiger partial charge is 0.271 e. The Morgan fingerprint density at radius 2 is 2.19 bits per heavy atom.